The lowest BCUT2D eigenvalue weighted by molar-refractivity contribution is 0.222. The molecule has 6 nitrogen and oxygen atoms in total. The fourth-order valence-electron chi connectivity index (χ4n) is 1.79. The van der Waals surface area contributed by atoms with Crippen LogP contribution in [0.4, 0.5) is 10.5 Å². The van der Waals surface area contributed by atoms with Gasteiger partial charge >= 0.3 is 6.03 Å². The fourth-order valence-corrected chi connectivity index (χ4v) is 2.01. The Balaban J connectivity index is 2.04. The molecule has 0 bridgehead atoms. The van der Waals surface area contributed by atoms with Gasteiger partial charge in [0.15, 0.2) is 0 Å². The van der Waals surface area contributed by atoms with Crippen LogP contribution in [0, 0.1) is 0 Å². The quantitative estimate of drug-likeness (QED) is 0.793. The van der Waals surface area contributed by atoms with Gasteiger partial charge in [-0.25, -0.2) is 9.48 Å². The summed E-state index contributed by atoms with van der Waals surface area (Å²) in [5, 5.41) is 19.1. The highest BCUT2D eigenvalue weighted by atomic mass is 35.5. The molecular formula is C14H17ClN4O2. The van der Waals surface area contributed by atoms with Crippen LogP contribution in [0.5, 0.6) is 0 Å². The number of aromatic nitrogens is 2. The molecule has 7 heteroatoms. The van der Waals surface area contributed by atoms with E-state index in [2.05, 4.69) is 15.7 Å². The Morgan fingerprint density at radius 1 is 1.48 bits per heavy atom. The maximum absolute atomic E-state index is 11.8. The van der Waals surface area contributed by atoms with Crippen LogP contribution in [-0.4, -0.2) is 33.6 Å². The average molecular weight is 309 g/mol. The van der Waals surface area contributed by atoms with E-state index in [-0.39, 0.29) is 18.7 Å². The Morgan fingerprint density at radius 2 is 2.24 bits per heavy atom. The van der Waals surface area contributed by atoms with Crippen molar-refractivity contribution in [2.24, 2.45) is 0 Å². The summed E-state index contributed by atoms with van der Waals surface area (Å²) >= 11 is 6.09. The van der Waals surface area contributed by atoms with Gasteiger partial charge in [0.1, 0.15) is 0 Å². The predicted octanol–water partition coefficient (Wildman–Crippen LogP) is 2.42. The minimum Gasteiger partial charge on any atom is -0.394 e. The van der Waals surface area contributed by atoms with E-state index < -0.39 is 0 Å². The third kappa shape index (κ3) is 3.96. The highest BCUT2D eigenvalue weighted by molar-refractivity contribution is 6.32. The summed E-state index contributed by atoms with van der Waals surface area (Å²) in [5.74, 6) is 0. The zero-order chi connectivity index (χ0) is 15.2. The van der Waals surface area contributed by atoms with Crippen LogP contribution in [0.15, 0.2) is 36.7 Å². The van der Waals surface area contributed by atoms with Crippen LogP contribution in [0.1, 0.15) is 13.3 Å². The minimum atomic E-state index is -0.380. The van der Waals surface area contributed by atoms with Crippen LogP contribution >= 0.6 is 11.6 Å². The smallest absolute Gasteiger partial charge is 0.319 e. The van der Waals surface area contributed by atoms with Gasteiger partial charge in [0.25, 0.3) is 0 Å². The van der Waals surface area contributed by atoms with Crippen LogP contribution in [0.25, 0.3) is 5.69 Å². The second-order valence-electron chi connectivity index (χ2n) is 4.51. The summed E-state index contributed by atoms with van der Waals surface area (Å²) in [6, 6.07) is 6.65. The molecule has 2 rings (SSSR count). The Morgan fingerprint density at radius 3 is 2.90 bits per heavy atom. The number of aliphatic hydroxyl groups excluding tert-OH is 1. The van der Waals surface area contributed by atoms with Gasteiger partial charge in [-0.15, -0.1) is 0 Å². The lowest BCUT2D eigenvalue weighted by atomic mass is 10.2. The van der Waals surface area contributed by atoms with Crippen molar-refractivity contribution in [3.8, 4) is 5.69 Å². The standard InChI is InChI=1S/C14H17ClN4O2/c1-2-10(9-20)17-14(21)18-11-7-16-19(8-11)13-6-4-3-5-12(13)15/h3-8,10,20H,2,9H2,1H3,(H2,17,18,21)/t10-/m1/s1. The molecule has 0 saturated heterocycles. The lowest BCUT2D eigenvalue weighted by Crippen LogP contribution is -2.39. The predicted molar refractivity (Wildman–Crippen MR) is 81.9 cm³/mol. The first-order valence-corrected chi connectivity index (χ1v) is 6.99. The second-order valence-corrected chi connectivity index (χ2v) is 4.92. The summed E-state index contributed by atoms with van der Waals surface area (Å²) < 4.78 is 1.58. The van der Waals surface area contributed by atoms with Gasteiger partial charge in [-0.3, -0.25) is 0 Å². The first-order chi connectivity index (χ1) is 10.1. The first-order valence-electron chi connectivity index (χ1n) is 6.62. The Labute approximate surface area is 127 Å². The number of nitrogens with one attached hydrogen (secondary N) is 2. The highest BCUT2D eigenvalue weighted by Crippen LogP contribution is 2.20. The van der Waals surface area contributed by atoms with Crippen molar-refractivity contribution in [2.45, 2.75) is 19.4 Å². The third-order valence-electron chi connectivity index (χ3n) is 2.99. The second kappa shape index (κ2) is 7.10. The minimum absolute atomic E-state index is 0.0944. The number of carbonyl (C=O) groups is 1. The molecule has 21 heavy (non-hydrogen) atoms. The van der Waals surface area contributed by atoms with E-state index in [1.807, 2.05) is 25.1 Å². The van der Waals surface area contributed by atoms with Crippen molar-refractivity contribution in [1.82, 2.24) is 15.1 Å². The summed E-state index contributed by atoms with van der Waals surface area (Å²) in [4.78, 5) is 11.8. The van der Waals surface area contributed by atoms with Crippen molar-refractivity contribution >= 4 is 23.3 Å². The summed E-state index contributed by atoms with van der Waals surface area (Å²) in [6.07, 6.45) is 3.85. The van der Waals surface area contributed by atoms with Crippen LogP contribution in [0.2, 0.25) is 5.02 Å². The fraction of sp³-hybridized carbons (Fsp3) is 0.286. The van der Waals surface area contributed by atoms with Crippen molar-refractivity contribution in [3.05, 3.63) is 41.7 Å². The van der Waals surface area contributed by atoms with Crippen LogP contribution < -0.4 is 10.6 Å². The summed E-state index contributed by atoms with van der Waals surface area (Å²) in [6.45, 7) is 1.79. The largest absolute Gasteiger partial charge is 0.394 e. The number of aliphatic hydroxyl groups is 1. The summed E-state index contributed by atoms with van der Waals surface area (Å²) in [5.41, 5.74) is 1.27. The molecule has 1 atom stereocenters. The van der Waals surface area contributed by atoms with Crippen LogP contribution in [0.3, 0.4) is 0 Å². The molecular weight excluding hydrogens is 292 g/mol. The van der Waals surface area contributed by atoms with Gasteiger partial charge in [0, 0.05) is 0 Å². The van der Waals surface area contributed by atoms with E-state index >= 15 is 0 Å². The number of nitrogens with zero attached hydrogens (tertiary/aromatic N) is 2. The molecule has 0 radical (unpaired) electrons. The molecule has 0 spiro atoms. The van der Waals surface area contributed by atoms with E-state index in [9.17, 15) is 4.79 Å². The third-order valence-corrected chi connectivity index (χ3v) is 3.31. The maximum Gasteiger partial charge on any atom is 0.319 e. The molecule has 1 aromatic heterocycles. The van der Waals surface area contributed by atoms with Crippen molar-refractivity contribution in [1.29, 1.82) is 0 Å². The zero-order valence-corrected chi connectivity index (χ0v) is 12.3. The molecule has 2 amide bonds. The normalized spacial score (nSPS) is 12.0. The molecule has 112 valence electrons. The molecule has 0 saturated carbocycles. The Bertz CT molecular complexity index is 611. The Hall–Kier alpha value is -2.05. The zero-order valence-electron chi connectivity index (χ0n) is 11.6. The number of hydrogen-bond acceptors (Lipinski definition) is 3. The van der Waals surface area contributed by atoms with Gasteiger partial charge in [0.05, 0.1) is 41.4 Å². The SMILES string of the molecule is CC[C@H](CO)NC(=O)Nc1cnn(-c2ccccc2Cl)c1. The molecule has 2 aromatic rings. The highest BCUT2D eigenvalue weighted by Gasteiger charge is 2.10. The lowest BCUT2D eigenvalue weighted by Gasteiger charge is -2.13. The van der Waals surface area contributed by atoms with E-state index in [4.69, 9.17) is 16.7 Å². The molecule has 3 N–H and O–H groups in total. The van der Waals surface area contributed by atoms with Gasteiger partial charge in [-0.2, -0.15) is 5.10 Å². The molecule has 0 fully saturated rings. The number of carbonyl (C=O) groups excluding carboxylic acids is 1. The molecule has 0 aliphatic carbocycles. The van der Waals surface area contributed by atoms with Crippen LogP contribution in [-0.2, 0) is 0 Å². The average Bonchev–Trinajstić information content (AvgIpc) is 2.93. The number of hydrogen-bond donors (Lipinski definition) is 3. The number of para-hydroxylation sites is 1. The number of benzene rings is 1. The number of halogens is 1. The van der Waals surface area contributed by atoms with Crippen molar-refractivity contribution in [3.63, 3.8) is 0 Å². The van der Waals surface area contributed by atoms with Gasteiger partial charge in [-0.05, 0) is 18.6 Å². The van der Waals surface area contributed by atoms with E-state index in [1.165, 1.54) is 6.20 Å². The van der Waals surface area contributed by atoms with Gasteiger partial charge in [-0.1, -0.05) is 30.7 Å². The number of urea groups is 1. The molecule has 1 aromatic carbocycles. The number of amides is 2. The monoisotopic (exact) mass is 308 g/mol. The Kier molecular flexibility index (Phi) is 5.19. The van der Waals surface area contributed by atoms with Gasteiger partial charge < -0.3 is 15.7 Å². The topological polar surface area (TPSA) is 79.2 Å². The molecule has 0 unspecified atom stereocenters. The van der Waals surface area contributed by atoms with E-state index in [1.54, 1.807) is 16.9 Å². The first kappa shape index (κ1) is 15.3. The van der Waals surface area contributed by atoms with Crippen molar-refractivity contribution < 1.29 is 9.90 Å². The van der Waals surface area contributed by atoms with Gasteiger partial charge in [0.2, 0.25) is 0 Å². The maximum atomic E-state index is 11.8. The van der Waals surface area contributed by atoms with E-state index in [0.717, 1.165) is 5.69 Å². The molecule has 0 aliphatic rings. The van der Waals surface area contributed by atoms with Crippen molar-refractivity contribution in [2.75, 3.05) is 11.9 Å². The van der Waals surface area contributed by atoms with E-state index in [0.29, 0.717) is 17.1 Å². The summed E-state index contributed by atoms with van der Waals surface area (Å²) in [7, 11) is 0. The molecule has 0 aliphatic heterocycles. The number of rotatable bonds is 5. The molecule has 1 heterocycles. The number of anilines is 1.